The minimum atomic E-state index is -4.52. The molecule has 2 aromatic heterocycles. The second-order valence-corrected chi connectivity index (χ2v) is 6.90. The lowest BCUT2D eigenvalue weighted by molar-refractivity contribution is -0.153. The molecule has 0 fully saturated rings. The molecule has 1 amide bonds. The van der Waals surface area contributed by atoms with Gasteiger partial charge in [-0.2, -0.15) is 18.4 Å². The zero-order valence-corrected chi connectivity index (χ0v) is 15.9. The molecule has 10 heteroatoms. The summed E-state index contributed by atoms with van der Waals surface area (Å²) in [6.45, 7) is 0.193. The number of halogens is 3. The highest BCUT2D eigenvalue weighted by Gasteiger charge is 2.29. The molecular weight excluding hydrogens is 407 g/mol. The maximum atomic E-state index is 12.3. The molecule has 6 nitrogen and oxygen atoms in total. The number of nitriles is 1. The van der Waals surface area contributed by atoms with Crippen LogP contribution in [0.4, 0.5) is 18.9 Å². The number of nitrogens with zero attached hydrogens (tertiary/aromatic N) is 2. The lowest BCUT2D eigenvalue weighted by atomic mass is 10.2. The van der Waals surface area contributed by atoms with Gasteiger partial charge in [0, 0.05) is 5.69 Å². The zero-order valence-electron chi connectivity index (χ0n) is 15.0. The molecule has 0 atom stereocenters. The van der Waals surface area contributed by atoms with E-state index in [1.165, 1.54) is 29.5 Å². The van der Waals surface area contributed by atoms with E-state index in [-0.39, 0.29) is 23.4 Å². The highest BCUT2D eigenvalue weighted by atomic mass is 32.1. The van der Waals surface area contributed by atoms with Crippen molar-refractivity contribution in [3.05, 3.63) is 52.7 Å². The smallest absolute Gasteiger partial charge is 0.422 e. The van der Waals surface area contributed by atoms with Crippen LogP contribution in [0.5, 0.6) is 5.75 Å². The van der Waals surface area contributed by atoms with Crippen LogP contribution in [-0.2, 0) is 11.2 Å². The fourth-order valence-corrected chi connectivity index (χ4v) is 3.08. The largest absolute Gasteiger partial charge is 0.483 e. The van der Waals surface area contributed by atoms with Crippen molar-refractivity contribution in [1.29, 1.82) is 5.26 Å². The summed E-state index contributed by atoms with van der Waals surface area (Å²) in [5.41, 5.74) is 0.603. The third kappa shape index (κ3) is 5.36. The number of carbonyl (C=O) groups is 1. The Morgan fingerprint density at radius 1 is 1.38 bits per heavy atom. The molecule has 0 spiro atoms. The molecule has 0 aliphatic heterocycles. The van der Waals surface area contributed by atoms with Crippen molar-refractivity contribution in [1.82, 2.24) is 4.98 Å². The summed E-state index contributed by atoms with van der Waals surface area (Å²) in [6.07, 6.45) is -4.58. The predicted molar refractivity (Wildman–Crippen MR) is 99.6 cm³/mol. The van der Waals surface area contributed by atoms with E-state index in [1.54, 1.807) is 13.0 Å². The number of alkyl halides is 3. The number of thiophene rings is 1. The molecular formula is C19H14F3N3O3S. The van der Waals surface area contributed by atoms with Gasteiger partial charge in [0.2, 0.25) is 11.8 Å². The molecule has 3 rings (SSSR count). The number of benzene rings is 1. The van der Waals surface area contributed by atoms with Crippen LogP contribution >= 0.6 is 11.3 Å². The molecule has 1 N–H and O–H groups in total. The van der Waals surface area contributed by atoms with Gasteiger partial charge in [0.15, 0.2) is 6.61 Å². The number of aryl methyl sites for hydroxylation is 1. The van der Waals surface area contributed by atoms with E-state index in [0.717, 1.165) is 4.88 Å². The topological polar surface area (TPSA) is 88.2 Å². The summed E-state index contributed by atoms with van der Waals surface area (Å²) in [6, 6.07) is 9.28. The zero-order chi connectivity index (χ0) is 21.0. The molecule has 0 saturated heterocycles. The SMILES string of the molecule is Cc1oc(-c2cccs2)nc1CC(=O)Nc1ccc(OCC(F)(F)F)c(C#N)c1. The lowest BCUT2D eigenvalue weighted by Crippen LogP contribution is -2.19. The van der Waals surface area contributed by atoms with Gasteiger partial charge in [-0.3, -0.25) is 4.79 Å². The van der Waals surface area contributed by atoms with Gasteiger partial charge in [-0.1, -0.05) is 6.07 Å². The van der Waals surface area contributed by atoms with E-state index in [4.69, 9.17) is 9.68 Å². The summed E-state index contributed by atoms with van der Waals surface area (Å²) in [5, 5.41) is 13.6. The van der Waals surface area contributed by atoms with Crippen molar-refractivity contribution in [3.63, 3.8) is 0 Å². The number of hydrogen-bond donors (Lipinski definition) is 1. The average Bonchev–Trinajstić information content (AvgIpc) is 3.30. The fraction of sp³-hybridized carbons (Fsp3) is 0.211. The molecule has 1 aromatic carbocycles. The first-order valence-corrected chi connectivity index (χ1v) is 9.17. The van der Waals surface area contributed by atoms with E-state index in [2.05, 4.69) is 15.0 Å². The van der Waals surface area contributed by atoms with Gasteiger partial charge in [0.25, 0.3) is 0 Å². The molecule has 0 radical (unpaired) electrons. The number of rotatable bonds is 6. The first-order valence-electron chi connectivity index (χ1n) is 8.29. The number of carbonyl (C=O) groups excluding carboxylic acids is 1. The third-order valence-electron chi connectivity index (χ3n) is 3.73. The average molecular weight is 421 g/mol. The van der Waals surface area contributed by atoms with E-state index >= 15 is 0 Å². The van der Waals surface area contributed by atoms with Crippen molar-refractivity contribution < 1.29 is 27.1 Å². The Kier molecular flexibility index (Phi) is 5.89. The van der Waals surface area contributed by atoms with Gasteiger partial charge >= 0.3 is 6.18 Å². The van der Waals surface area contributed by atoms with Gasteiger partial charge in [0.05, 0.1) is 22.6 Å². The molecule has 0 unspecified atom stereocenters. The van der Waals surface area contributed by atoms with E-state index in [1.807, 2.05) is 17.5 Å². The first-order chi connectivity index (χ1) is 13.7. The first kappa shape index (κ1) is 20.4. The Labute approximate surface area is 167 Å². The number of amides is 1. The second-order valence-electron chi connectivity index (χ2n) is 5.95. The Bertz CT molecular complexity index is 1050. The van der Waals surface area contributed by atoms with Crippen LogP contribution in [0, 0.1) is 18.3 Å². The molecule has 0 bridgehead atoms. The van der Waals surface area contributed by atoms with Crippen LogP contribution in [0.1, 0.15) is 17.0 Å². The van der Waals surface area contributed by atoms with E-state index in [0.29, 0.717) is 17.3 Å². The summed E-state index contributed by atoms with van der Waals surface area (Å²) >= 11 is 1.46. The molecule has 150 valence electrons. The summed E-state index contributed by atoms with van der Waals surface area (Å²) in [5.74, 6) is 0.318. The third-order valence-corrected chi connectivity index (χ3v) is 4.59. The van der Waals surface area contributed by atoms with Gasteiger partial charge in [-0.25, -0.2) is 4.98 Å². The Morgan fingerprint density at radius 2 is 2.17 bits per heavy atom. The van der Waals surface area contributed by atoms with Gasteiger partial charge in [-0.15, -0.1) is 11.3 Å². The number of nitrogens with one attached hydrogen (secondary N) is 1. The summed E-state index contributed by atoms with van der Waals surface area (Å²) in [4.78, 5) is 17.5. The van der Waals surface area contributed by atoms with Crippen LogP contribution in [0.3, 0.4) is 0 Å². The molecule has 0 saturated carbocycles. The number of aromatic nitrogens is 1. The van der Waals surface area contributed by atoms with Crippen molar-refractivity contribution in [3.8, 4) is 22.6 Å². The van der Waals surface area contributed by atoms with E-state index < -0.39 is 18.7 Å². The molecule has 29 heavy (non-hydrogen) atoms. The number of hydrogen-bond acceptors (Lipinski definition) is 6. The maximum absolute atomic E-state index is 12.3. The van der Waals surface area contributed by atoms with Crippen LogP contribution < -0.4 is 10.1 Å². The summed E-state index contributed by atoms with van der Waals surface area (Å²) < 4.78 is 47.0. The number of oxazole rings is 1. The Hall–Kier alpha value is -3.32. The fourth-order valence-electron chi connectivity index (χ4n) is 2.44. The standard InChI is InChI=1S/C19H14F3N3O3S/c1-11-14(25-18(28-11)16-3-2-6-29-16)8-17(26)24-13-4-5-15(12(7-13)9-23)27-10-19(20,21)22/h2-7H,8,10H2,1H3,(H,24,26). The molecule has 0 aliphatic carbocycles. The van der Waals surface area contributed by atoms with Crippen molar-refractivity contribution in [2.45, 2.75) is 19.5 Å². The lowest BCUT2D eigenvalue weighted by Gasteiger charge is -2.11. The monoisotopic (exact) mass is 421 g/mol. The van der Waals surface area contributed by atoms with Gasteiger partial charge in [-0.05, 0) is 36.6 Å². The normalized spacial score (nSPS) is 11.1. The maximum Gasteiger partial charge on any atom is 0.422 e. The number of anilines is 1. The molecule has 3 aromatic rings. The van der Waals surface area contributed by atoms with Crippen LogP contribution in [0.2, 0.25) is 0 Å². The Morgan fingerprint density at radius 3 is 2.83 bits per heavy atom. The summed E-state index contributed by atoms with van der Waals surface area (Å²) in [7, 11) is 0. The minimum absolute atomic E-state index is 0.0606. The van der Waals surface area contributed by atoms with Crippen molar-refractivity contribution >= 4 is 22.9 Å². The van der Waals surface area contributed by atoms with Crippen LogP contribution in [-0.4, -0.2) is 23.7 Å². The van der Waals surface area contributed by atoms with Gasteiger partial charge in [0.1, 0.15) is 17.6 Å². The molecule has 2 heterocycles. The molecule has 0 aliphatic rings. The highest BCUT2D eigenvalue weighted by molar-refractivity contribution is 7.13. The Balaban J connectivity index is 1.67. The number of ether oxygens (including phenoxy) is 1. The van der Waals surface area contributed by atoms with Gasteiger partial charge < -0.3 is 14.5 Å². The van der Waals surface area contributed by atoms with Crippen LogP contribution in [0.15, 0.2) is 40.1 Å². The predicted octanol–water partition coefficient (Wildman–Crippen LogP) is 4.71. The minimum Gasteiger partial charge on any atom is -0.483 e. The van der Waals surface area contributed by atoms with Crippen LogP contribution in [0.25, 0.3) is 10.8 Å². The van der Waals surface area contributed by atoms with E-state index in [9.17, 15) is 18.0 Å². The van der Waals surface area contributed by atoms with Crippen molar-refractivity contribution in [2.24, 2.45) is 0 Å². The second kappa shape index (κ2) is 8.36. The highest BCUT2D eigenvalue weighted by Crippen LogP contribution is 2.27. The van der Waals surface area contributed by atoms with Crippen molar-refractivity contribution in [2.75, 3.05) is 11.9 Å². The quantitative estimate of drug-likeness (QED) is 0.623.